The minimum Gasteiger partial charge on any atom is -0.449 e. The van der Waals surface area contributed by atoms with Crippen LogP contribution in [0.5, 0.6) is 0 Å². The molecular weight excluding hydrogens is 179 g/mol. The predicted molar refractivity (Wildman–Crippen MR) is 43.5 cm³/mol. The molecule has 0 saturated carbocycles. The average Bonchev–Trinajstić information content (AvgIpc) is 2.13. The maximum Gasteiger partial charge on any atom is 0.426 e. The molecule has 13 heavy (non-hydrogen) atoms. The second-order valence-corrected chi connectivity index (χ2v) is 2.21. The van der Waals surface area contributed by atoms with Gasteiger partial charge in [-0.25, -0.2) is 14.6 Å². The van der Waals surface area contributed by atoms with E-state index in [2.05, 4.69) is 4.74 Å². The number of halogens is 1. The molecule has 0 aliphatic rings. The lowest BCUT2D eigenvalue weighted by Crippen LogP contribution is -2.45. The monoisotopic (exact) mass is 192 g/mol. The molecule has 0 rings (SSSR count). The van der Waals surface area contributed by atoms with E-state index in [0.29, 0.717) is 0 Å². The summed E-state index contributed by atoms with van der Waals surface area (Å²) in [6.45, 7) is 3.33. The van der Waals surface area contributed by atoms with E-state index in [1.54, 1.807) is 6.92 Å². The van der Waals surface area contributed by atoms with Gasteiger partial charge in [0.2, 0.25) is 0 Å². The largest absolute Gasteiger partial charge is 0.449 e. The van der Waals surface area contributed by atoms with Crippen LogP contribution in [0, 0.1) is 0 Å². The van der Waals surface area contributed by atoms with Crippen LogP contribution in [-0.4, -0.2) is 24.8 Å². The number of hydrogen-bond donors (Lipinski definition) is 2. The van der Waals surface area contributed by atoms with E-state index in [9.17, 15) is 14.0 Å². The molecule has 0 heterocycles. The minimum absolute atomic E-state index is 0.0658. The Morgan fingerprint density at radius 1 is 1.38 bits per heavy atom. The number of carbonyl (C=O) groups is 2. The van der Waals surface area contributed by atoms with E-state index >= 15 is 0 Å². The molecule has 0 bridgehead atoms. The lowest BCUT2D eigenvalue weighted by Gasteiger charge is -2.08. The van der Waals surface area contributed by atoms with E-state index in [1.165, 1.54) is 6.92 Å². The molecule has 1 atom stereocenters. The zero-order valence-electron chi connectivity index (χ0n) is 7.59. The molecule has 0 radical (unpaired) electrons. The number of hydrazine groups is 1. The van der Waals surface area contributed by atoms with Crippen molar-refractivity contribution in [1.82, 2.24) is 10.9 Å². The standard InChI is InChI=1S/C7H13FN2O3/c1-3-5(8)6(11)9-10-7(12)13-4-2/h5H,3-4H2,1-2H3,(H,9,11)(H,10,12). The van der Waals surface area contributed by atoms with E-state index in [-0.39, 0.29) is 13.0 Å². The summed E-state index contributed by atoms with van der Waals surface area (Å²) < 4.78 is 17.0. The first-order valence-electron chi connectivity index (χ1n) is 3.98. The first-order valence-corrected chi connectivity index (χ1v) is 3.98. The fourth-order valence-electron chi connectivity index (χ4n) is 0.544. The highest BCUT2D eigenvalue weighted by atomic mass is 19.1. The summed E-state index contributed by atoms with van der Waals surface area (Å²) in [4.78, 5) is 21.3. The zero-order chi connectivity index (χ0) is 10.3. The Bertz CT molecular complexity index is 187. The second-order valence-electron chi connectivity index (χ2n) is 2.21. The highest BCUT2D eigenvalue weighted by Crippen LogP contribution is 1.94. The first-order chi connectivity index (χ1) is 6.11. The molecule has 0 fully saturated rings. The van der Waals surface area contributed by atoms with Crippen LogP contribution >= 0.6 is 0 Å². The number of hydrogen-bond acceptors (Lipinski definition) is 3. The van der Waals surface area contributed by atoms with Gasteiger partial charge in [-0.1, -0.05) is 6.92 Å². The molecule has 76 valence electrons. The summed E-state index contributed by atoms with van der Waals surface area (Å²) in [5.41, 5.74) is 3.78. The van der Waals surface area contributed by atoms with Gasteiger partial charge >= 0.3 is 6.09 Å². The summed E-state index contributed by atoms with van der Waals surface area (Å²) >= 11 is 0. The van der Waals surface area contributed by atoms with Crippen LogP contribution in [0.3, 0.4) is 0 Å². The van der Waals surface area contributed by atoms with Crippen LogP contribution in [0.2, 0.25) is 0 Å². The topological polar surface area (TPSA) is 67.4 Å². The number of amides is 2. The quantitative estimate of drug-likeness (QED) is 0.640. The molecule has 5 nitrogen and oxygen atoms in total. The van der Waals surface area contributed by atoms with Gasteiger partial charge in [0.15, 0.2) is 6.17 Å². The molecule has 1 unspecified atom stereocenters. The molecule has 0 aromatic rings. The highest BCUT2D eigenvalue weighted by Gasteiger charge is 2.14. The number of alkyl halides is 1. The highest BCUT2D eigenvalue weighted by molar-refractivity contribution is 5.82. The molecule has 0 aromatic heterocycles. The maximum atomic E-state index is 12.6. The number of nitrogens with one attached hydrogen (secondary N) is 2. The smallest absolute Gasteiger partial charge is 0.426 e. The van der Waals surface area contributed by atoms with Gasteiger partial charge in [-0.3, -0.25) is 10.2 Å². The average molecular weight is 192 g/mol. The van der Waals surface area contributed by atoms with Crippen LogP contribution in [0.25, 0.3) is 0 Å². The van der Waals surface area contributed by atoms with Crippen molar-refractivity contribution in [3.63, 3.8) is 0 Å². The molecule has 0 saturated heterocycles. The van der Waals surface area contributed by atoms with Gasteiger partial charge in [-0.05, 0) is 13.3 Å². The molecule has 6 heteroatoms. The summed E-state index contributed by atoms with van der Waals surface area (Å²) in [6.07, 6.45) is -2.35. The van der Waals surface area contributed by atoms with Gasteiger partial charge in [0.05, 0.1) is 6.61 Å². The van der Waals surface area contributed by atoms with Crippen molar-refractivity contribution in [2.45, 2.75) is 26.4 Å². The molecule has 0 aliphatic heterocycles. The fraction of sp³-hybridized carbons (Fsp3) is 0.714. The normalized spacial score (nSPS) is 11.6. The Hall–Kier alpha value is -1.33. The SMILES string of the molecule is CCOC(=O)NNC(=O)C(F)CC. The lowest BCUT2D eigenvalue weighted by molar-refractivity contribution is -0.126. The molecule has 0 spiro atoms. The number of ether oxygens (including phenoxy) is 1. The molecule has 0 aromatic carbocycles. The molecular formula is C7H13FN2O3. The fourth-order valence-corrected chi connectivity index (χ4v) is 0.544. The van der Waals surface area contributed by atoms with Crippen LogP contribution in [-0.2, 0) is 9.53 Å². The molecule has 2 N–H and O–H groups in total. The molecule has 0 aliphatic carbocycles. The summed E-state index contributed by atoms with van der Waals surface area (Å²) in [5, 5.41) is 0. The van der Waals surface area contributed by atoms with Gasteiger partial charge in [0.25, 0.3) is 5.91 Å². The van der Waals surface area contributed by atoms with Gasteiger partial charge in [-0.15, -0.1) is 0 Å². The third-order valence-corrected chi connectivity index (χ3v) is 1.21. The van der Waals surface area contributed by atoms with E-state index in [1.807, 2.05) is 10.9 Å². The van der Waals surface area contributed by atoms with Crippen molar-refractivity contribution in [3.8, 4) is 0 Å². The lowest BCUT2D eigenvalue weighted by atomic mass is 10.3. The Morgan fingerprint density at radius 2 is 2.00 bits per heavy atom. The van der Waals surface area contributed by atoms with E-state index in [4.69, 9.17) is 0 Å². The first kappa shape index (κ1) is 11.7. The van der Waals surface area contributed by atoms with Crippen molar-refractivity contribution < 1.29 is 18.7 Å². The van der Waals surface area contributed by atoms with Gasteiger partial charge in [0.1, 0.15) is 0 Å². The predicted octanol–water partition coefficient (Wildman–Crippen LogP) is 0.512. The van der Waals surface area contributed by atoms with E-state index < -0.39 is 18.2 Å². The van der Waals surface area contributed by atoms with Gasteiger partial charge < -0.3 is 4.74 Å². The Labute approximate surface area is 75.6 Å². The van der Waals surface area contributed by atoms with Crippen LogP contribution in [0.1, 0.15) is 20.3 Å². The molecule has 2 amide bonds. The third-order valence-electron chi connectivity index (χ3n) is 1.21. The zero-order valence-corrected chi connectivity index (χ0v) is 7.59. The Balaban J connectivity index is 3.63. The van der Waals surface area contributed by atoms with Crippen LogP contribution in [0.15, 0.2) is 0 Å². The summed E-state index contributed by atoms with van der Waals surface area (Å²) in [6, 6.07) is 0. The summed E-state index contributed by atoms with van der Waals surface area (Å²) in [7, 11) is 0. The van der Waals surface area contributed by atoms with Crippen LogP contribution < -0.4 is 10.9 Å². The maximum absolute atomic E-state index is 12.6. The third kappa shape index (κ3) is 5.00. The summed E-state index contributed by atoms with van der Waals surface area (Å²) in [5.74, 6) is -0.879. The Morgan fingerprint density at radius 3 is 2.46 bits per heavy atom. The van der Waals surface area contributed by atoms with Crippen LogP contribution in [0.4, 0.5) is 9.18 Å². The van der Waals surface area contributed by atoms with Crippen molar-refractivity contribution in [3.05, 3.63) is 0 Å². The second kappa shape index (κ2) is 6.22. The van der Waals surface area contributed by atoms with Gasteiger partial charge in [-0.2, -0.15) is 0 Å². The van der Waals surface area contributed by atoms with Crippen molar-refractivity contribution in [2.24, 2.45) is 0 Å². The minimum atomic E-state index is -1.61. The Kier molecular flexibility index (Phi) is 5.58. The number of carbonyl (C=O) groups excluding carboxylic acids is 2. The van der Waals surface area contributed by atoms with Gasteiger partial charge in [0, 0.05) is 0 Å². The van der Waals surface area contributed by atoms with Crippen molar-refractivity contribution >= 4 is 12.0 Å². The van der Waals surface area contributed by atoms with Crippen molar-refractivity contribution in [1.29, 1.82) is 0 Å². The number of rotatable bonds is 3. The van der Waals surface area contributed by atoms with E-state index in [0.717, 1.165) is 0 Å². The van der Waals surface area contributed by atoms with Crippen molar-refractivity contribution in [2.75, 3.05) is 6.61 Å².